The fourth-order valence-corrected chi connectivity index (χ4v) is 4.91. The number of oxime groups is 1. The number of thioether (sulfide) groups is 1. The number of aryl methyl sites for hydroxylation is 1. The Hall–Kier alpha value is -3.72. The Balaban J connectivity index is 1.57. The molecule has 0 saturated carbocycles. The molecule has 0 aromatic heterocycles. The summed E-state index contributed by atoms with van der Waals surface area (Å²) in [5.74, 6) is 0.636. The van der Waals surface area contributed by atoms with Gasteiger partial charge in [-0.15, -0.1) is 0 Å². The number of allylic oxidation sites excluding steroid dienone is 2. The number of hydrogen-bond donors (Lipinski definition) is 0. The summed E-state index contributed by atoms with van der Waals surface area (Å²) in [6, 6.07) is 27.1. The van der Waals surface area contributed by atoms with Crippen molar-refractivity contribution in [3.05, 3.63) is 113 Å². The number of nitrogens with zero attached hydrogens (tertiary/aromatic N) is 2. The molecular formula is C25H19N2O4PS. The summed E-state index contributed by atoms with van der Waals surface area (Å²) in [4.78, 5) is 0.719. The number of rotatable bonds is 7. The van der Waals surface area contributed by atoms with E-state index in [9.17, 15) is 9.83 Å². The second kappa shape index (κ2) is 10.3. The molecule has 0 aliphatic carbocycles. The fourth-order valence-electron chi connectivity index (χ4n) is 2.98. The molecule has 4 rings (SSSR count). The average molecular weight is 474 g/mol. The van der Waals surface area contributed by atoms with Crippen molar-refractivity contribution in [1.82, 2.24) is 0 Å². The van der Waals surface area contributed by atoms with Gasteiger partial charge in [0.05, 0.1) is 5.57 Å². The molecule has 0 fully saturated rings. The summed E-state index contributed by atoms with van der Waals surface area (Å²) in [7, 11) is -4.15. The molecule has 0 bridgehead atoms. The normalized spacial score (nSPS) is 15.7. The Labute approximate surface area is 196 Å². The quantitative estimate of drug-likeness (QED) is 0.206. The number of hydrogen-bond acceptors (Lipinski definition) is 7. The van der Waals surface area contributed by atoms with Crippen LogP contribution in [0.5, 0.6) is 11.5 Å². The molecule has 1 heterocycles. The lowest BCUT2D eigenvalue weighted by molar-refractivity contribution is 0.219. The topological polar surface area (TPSA) is 80.9 Å². The van der Waals surface area contributed by atoms with E-state index >= 15 is 0 Å². The second-order valence-corrected chi connectivity index (χ2v) is 9.35. The molecule has 0 N–H and O–H groups in total. The number of nitriles is 1. The first kappa shape index (κ1) is 22.5. The van der Waals surface area contributed by atoms with Gasteiger partial charge in [0.1, 0.15) is 22.6 Å². The Kier molecular flexibility index (Phi) is 6.99. The van der Waals surface area contributed by atoms with Crippen molar-refractivity contribution in [2.45, 2.75) is 6.92 Å². The van der Waals surface area contributed by atoms with Gasteiger partial charge in [0, 0.05) is 4.91 Å². The lowest BCUT2D eigenvalue weighted by Crippen LogP contribution is -2.03. The van der Waals surface area contributed by atoms with Crippen LogP contribution in [0.25, 0.3) is 5.57 Å². The number of benzene rings is 3. The molecule has 3 aromatic rings. The number of phosphoric acid groups is 1. The molecule has 164 valence electrons. The highest BCUT2D eigenvalue weighted by Gasteiger charge is 2.34. The fraction of sp³-hybridized carbons (Fsp3) is 0.0400. The summed E-state index contributed by atoms with van der Waals surface area (Å²) < 4.78 is 29.8. The lowest BCUT2D eigenvalue weighted by Gasteiger charge is -2.16. The molecule has 0 amide bonds. The molecule has 1 aliphatic rings. The SMILES string of the molecule is Cc1ccccc1C(C#N)=C1C=CC(=NOP(=O)(Oc2ccccc2)Oc2ccccc2)S1. The first-order chi connectivity index (χ1) is 16.1. The molecule has 0 spiro atoms. The number of para-hydroxylation sites is 2. The van der Waals surface area contributed by atoms with E-state index < -0.39 is 7.82 Å². The minimum atomic E-state index is -4.15. The zero-order valence-corrected chi connectivity index (χ0v) is 19.3. The summed E-state index contributed by atoms with van der Waals surface area (Å²) in [5, 5.41) is 14.2. The zero-order valence-electron chi connectivity index (χ0n) is 17.6. The second-order valence-electron chi connectivity index (χ2n) is 6.87. The molecule has 0 unspecified atom stereocenters. The van der Waals surface area contributed by atoms with Crippen LogP contribution in [-0.2, 0) is 9.19 Å². The number of phosphoric ester groups is 1. The van der Waals surface area contributed by atoms with Crippen LogP contribution in [-0.4, -0.2) is 5.04 Å². The van der Waals surface area contributed by atoms with E-state index in [0.29, 0.717) is 22.1 Å². The van der Waals surface area contributed by atoms with Crippen LogP contribution in [0.4, 0.5) is 0 Å². The van der Waals surface area contributed by atoms with Crippen molar-refractivity contribution in [2.75, 3.05) is 0 Å². The Morgan fingerprint density at radius 3 is 2.03 bits per heavy atom. The van der Waals surface area contributed by atoms with Gasteiger partial charge in [-0.05, 0) is 54.5 Å². The van der Waals surface area contributed by atoms with Crippen LogP contribution in [0.15, 0.2) is 107 Å². The lowest BCUT2D eigenvalue weighted by atomic mass is 10.0. The Bertz CT molecular complexity index is 1270. The standard InChI is InChI=1S/C25H19N2O4PS/c1-19-10-8-9-15-22(19)23(18-26)24-16-17-25(33-24)27-31-32(28,29-20-11-4-2-5-12-20)30-21-13-6-3-7-14-21/h2-17H,1H3. The maximum atomic E-state index is 13.4. The van der Waals surface area contributed by atoms with Crippen LogP contribution in [0, 0.1) is 18.3 Å². The molecule has 3 aromatic carbocycles. The molecule has 6 nitrogen and oxygen atoms in total. The largest absolute Gasteiger partial charge is 0.668 e. The molecular weight excluding hydrogens is 455 g/mol. The molecule has 33 heavy (non-hydrogen) atoms. The van der Waals surface area contributed by atoms with Gasteiger partial charge in [-0.1, -0.05) is 77.6 Å². The third kappa shape index (κ3) is 5.75. The third-order valence-corrected chi connectivity index (χ3v) is 6.65. The summed E-state index contributed by atoms with van der Waals surface area (Å²) in [6.45, 7) is 1.95. The highest BCUT2D eigenvalue weighted by molar-refractivity contribution is 8.18. The van der Waals surface area contributed by atoms with Gasteiger partial charge in [-0.25, -0.2) is 0 Å². The van der Waals surface area contributed by atoms with Gasteiger partial charge >= 0.3 is 7.82 Å². The van der Waals surface area contributed by atoms with E-state index in [1.807, 2.05) is 43.3 Å². The van der Waals surface area contributed by atoms with Crippen LogP contribution >= 0.6 is 19.6 Å². The van der Waals surface area contributed by atoms with Crippen molar-refractivity contribution < 1.29 is 18.2 Å². The van der Waals surface area contributed by atoms with Gasteiger partial charge in [0.15, 0.2) is 0 Å². The van der Waals surface area contributed by atoms with Crippen LogP contribution < -0.4 is 9.05 Å². The Morgan fingerprint density at radius 1 is 0.879 bits per heavy atom. The predicted molar refractivity (Wildman–Crippen MR) is 131 cm³/mol. The first-order valence-corrected chi connectivity index (χ1v) is 12.3. The summed E-state index contributed by atoms with van der Waals surface area (Å²) in [6.07, 6.45) is 3.46. The van der Waals surface area contributed by atoms with Gasteiger partial charge in [-0.3, -0.25) is 4.62 Å². The predicted octanol–water partition coefficient (Wildman–Crippen LogP) is 7.13. The average Bonchev–Trinajstić information content (AvgIpc) is 3.30. The van der Waals surface area contributed by atoms with E-state index in [0.717, 1.165) is 16.0 Å². The van der Waals surface area contributed by atoms with E-state index in [1.54, 1.807) is 60.7 Å². The van der Waals surface area contributed by atoms with Gasteiger partial charge in [-0.2, -0.15) is 9.83 Å². The van der Waals surface area contributed by atoms with Crippen LogP contribution in [0.1, 0.15) is 11.1 Å². The van der Waals surface area contributed by atoms with Crippen molar-refractivity contribution in [1.29, 1.82) is 5.26 Å². The Morgan fingerprint density at radius 2 is 1.45 bits per heavy atom. The van der Waals surface area contributed by atoms with E-state index in [4.69, 9.17) is 13.7 Å². The zero-order chi connectivity index (χ0) is 23.1. The molecule has 1 aliphatic heterocycles. The summed E-state index contributed by atoms with van der Waals surface area (Å²) >= 11 is 1.24. The van der Waals surface area contributed by atoms with Crippen molar-refractivity contribution in [2.24, 2.45) is 5.16 Å². The molecule has 8 heteroatoms. The van der Waals surface area contributed by atoms with E-state index in [2.05, 4.69) is 11.2 Å². The molecule has 0 atom stereocenters. The molecule has 0 radical (unpaired) electrons. The van der Waals surface area contributed by atoms with Crippen molar-refractivity contribution in [3.8, 4) is 17.6 Å². The van der Waals surface area contributed by atoms with Crippen molar-refractivity contribution in [3.63, 3.8) is 0 Å². The molecule has 0 saturated heterocycles. The minimum absolute atomic E-state index is 0.318. The maximum Gasteiger partial charge on any atom is 0.668 e. The van der Waals surface area contributed by atoms with Crippen molar-refractivity contribution >= 4 is 30.2 Å². The van der Waals surface area contributed by atoms with Crippen LogP contribution in [0.2, 0.25) is 0 Å². The van der Waals surface area contributed by atoms with Gasteiger partial charge in [0.25, 0.3) is 0 Å². The van der Waals surface area contributed by atoms with Crippen LogP contribution in [0.3, 0.4) is 0 Å². The third-order valence-electron chi connectivity index (χ3n) is 4.52. The van der Waals surface area contributed by atoms with E-state index in [-0.39, 0.29) is 0 Å². The van der Waals surface area contributed by atoms with E-state index in [1.165, 1.54) is 11.8 Å². The summed E-state index contributed by atoms with van der Waals surface area (Å²) in [5.41, 5.74) is 2.37. The highest BCUT2D eigenvalue weighted by atomic mass is 32.2. The smallest absolute Gasteiger partial charge is 0.385 e. The maximum absolute atomic E-state index is 13.4. The monoisotopic (exact) mass is 474 g/mol. The minimum Gasteiger partial charge on any atom is -0.385 e. The van der Waals surface area contributed by atoms with Gasteiger partial charge < -0.3 is 9.05 Å². The first-order valence-electron chi connectivity index (χ1n) is 9.99. The highest BCUT2D eigenvalue weighted by Crippen LogP contribution is 2.50. The van der Waals surface area contributed by atoms with Gasteiger partial charge in [0.2, 0.25) is 0 Å².